The van der Waals surface area contributed by atoms with E-state index in [1.807, 2.05) is 18.2 Å². The first-order valence-electron chi connectivity index (χ1n) is 8.56. The lowest BCUT2D eigenvalue weighted by Crippen LogP contribution is -2.48. The second kappa shape index (κ2) is 6.85. The van der Waals surface area contributed by atoms with Crippen LogP contribution in [0.2, 0.25) is 5.02 Å². The molecule has 3 heterocycles. The van der Waals surface area contributed by atoms with Crippen molar-refractivity contribution >= 4 is 17.7 Å². The minimum absolute atomic E-state index is 0.132. The maximum absolute atomic E-state index is 13.3. The van der Waals surface area contributed by atoms with Crippen LogP contribution in [0.15, 0.2) is 42.6 Å². The SMILES string of the molecule is O=C1OCC2(CCN(Cc3ccc(F)c(Cl)c3)C2)N1Cc1ccccn1. The third-order valence-electron chi connectivity index (χ3n) is 5.11. The predicted octanol–water partition coefficient (Wildman–Crippen LogP) is 3.47. The zero-order chi connectivity index (χ0) is 18.1. The number of halogens is 2. The van der Waals surface area contributed by atoms with E-state index in [4.69, 9.17) is 16.3 Å². The minimum atomic E-state index is -0.412. The molecule has 26 heavy (non-hydrogen) atoms. The molecule has 2 fully saturated rings. The van der Waals surface area contributed by atoms with E-state index in [0.717, 1.165) is 24.2 Å². The number of ether oxygens (including phenoxy) is 1. The largest absolute Gasteiger partial charge is 0.447 e. The Bertz CT molecular complexity index is 820. The molecule has 136 valence electrons. The van der Waals surface area contributed by atoms with Crippen LogP contribution >= 0.6 is 11.6 Å². The maximum Gasteiger partial charge on any atom is 0.410 e. The smallest absolute Gasteiger partial charge is 0.410 e. The molecule has 0 saturated carbocycles. The first-order valence-corrected chi connectivity index (χ1v) is 8.94. The van der Waals surface area contributed by atoms with E-state index in [2.05, 4.69) is 9.88 Å². The van der Waals surface area contributed by atoms with Crippen LogP contribution in [-0.4, -0.2) is 46.1 Å². The Morgan fingerprint density at radius 3 is 2.92 bits per heavy atom. The Labute approximate surface area is 156 Å². The quantitative estimate of drug-likeness (QED) is 0.820. The van der Waals surface area contributed by atoms with Crippen molar-refractivity contribution in [2.45, 2.75) is 25.0 Å². The zero-order valence-corrected chi connectivity index (χ0v) is 15.0. The van der Waals surface area contributed by atoms with Crippen LogP contribution in [0.1, 0.15) is 17.7 Å². The van der Waals surface area contributed by atoms with Gasteiger partial charge in [-0.25, -0.2) is 9.18 Å². The van der Waals surface area contributed by atoms with Crippen molar-refractivity contribution in [1.82, 2.24) is 14.8 Å². The van der Waals surface area contributed by atoms with Gasteiger partial charge in [-0.1, -0.05) is 23.7 Å². The van der Waals surface area contributed by atoms with Crippen LogP contribution in [0.25, 0.3) is 0 Å². The Morgan fingerprint density at radius 2 is 2.15 bits per heavy atom. The molecule has 2 aromatic rings. The van der Waals surface area contributed by atoms with Crippen molar-refractivity contribution < 1.29 is 13.9 Å². The van der Waals surface area contributed by atoms with Crippen molar-refractivity contribution in [1.29, 1.82) is 0 Å². The van der Waals surface area contributed by atoms with E-state index in [-0.39, 0.29) is 16.7 Å². The van der Waals surface area contributed by atoms with E-state index in [1.54, 1.807) is 23.2 Å². The van der Waals surface area contributed by atoms with Crippen LogP contribution in [0.3, 0.4) is 0 Å². The number of likely N-dealkylation sites (tertiary alicyclic amines) is 1. The summed E-state index contributed by atoms with van der Waals surface area (Å²) in [6.45, 7) is 3.04. The third kappa shape index (κ3) is 3.27. The second-order valence-corrected chi connectivity index (χ2v) is 7.30. The lowest BCUT2D eigenvalue weighted by atomic mass is 9.98. The molecule has 0 N–H and O–H groups in total. The average molecular weight is 376 g/mol. The zero-order valence-electron chi connectivity index (χ0n) is 14.2. The molecule has 0 bridgehead atoms. The molecule has 2 saturated heterocycles. The fourth-order valence-electron chi connectivity index (χ4n) is 3.74. The molecule has 1 aromatic carbocycles. The fraction of sp³-hybridized carbons (Fsp3) is 0.368. The summed E-state index contributed by atoms with van der Waals surface area (Å²) < 4.78 is 18.7. The van der Waals surface area contributed by atoms with Gasteiger partial charge in [0.15, 0.2) is 0 Å². The normalized spacial score (nSPS) is 23.0. The van der Waals surface area contributed by atoms with Crippen molar-refractivity contribution in [2.24, 2.45) is 0 Å². The summed E-state index contributed by atoms with van der Waals surface area (Å²) >= 11 is 5.88. The van der Waals surface area contributed by atoms with Crippen LogP contribution in [0.4, 0.5) is 9.18 Å². The number of hydrogen-bond acceptors (Lipinski definition) is 4. The molecule has 0 aliphatic carbocycles. The molecule has 5 nitrogen and oxygen atoms in total. The molecule has 7 heteroatoms. The maximum atomic E-state index is 13.3. The van der Waals surface area contributed by atoms with E-state index >= 15 is 0 Å². The molecule has 1 unspecified atom stereocenters. The number of carbonyl (C=O) groups is 1. The first kappa shape index (κ1) is 17.2. The van der Waals surface area contributed by atoms with E-state index in [9.17, 15) is 9.18 Å². The topological polar surface area (TPSA) is 45.7 Å². The Hall–Kier alpha value is -2.18. The molecule has 4 rings (SSSR count). The van der Waals surface area contributed by atoms with Gasteiger partial charge in [-0.3, -0.25) is 14.8 Å². The van der Waals surface area contributed by atoms with Crippen LogP contribution in [0.5, 0.6) is 0 Å². The lowest BCUT2D eigenvalue weighted by molar-refractivity contribution is 0.144. The molecule has 1 spiro atoms. The van der Waals surface area contributed by atoms with E-state index in [1.165, 1.54) is 6.07 Å². The van der Waals surface area contributed by atoms with Gasteiger partial charge in [0, 0.05) is 25.8 Å². The number of cyclic esters (lactones) is 1. The Morgan fingerprint density at radius 1 is 1.27 bits per heavy atom. The molecule has 2 aliphatic heterocycles. The highest BCUT2D eigenvalue weighted by Crippen LogP contribution is 2.35. The summed E-state index contributed by atoms with van der Waals surface area (Å²) in [7, 11) is 0. The number of nitrogens with zero attached hydrogens (tertiary/aromatic N) is 3. The number of benzene rings is 1. The summed E-state index contributed by atoms with van der Waals surface area (Å²) in [5, 5.41) is 0.132. The number of amides is 1. The summed E-state index contributed by atoms with van der Waals surface area (Å²) in [4.78, 5) is 20.7. The highest BCUT2D eigenvalue weighted by molar-refractivity contribution is 6.30. The van der Waals surface area contributed by atoms with Crippen molar-refractivity contribution in [3.05, 3.63) is 64.7 Å². The molecule has 1 amide bonds. The standard InChI is InChI=1S/C19H19ClFN3O2/c20-16-9-14(4-5-17(16)21)10-23-8-6-19(12-23)13-26-18(25)24(19)11-15-3-1-2-7-22-15/h1-5,7,9H,6,8,10-13H2. The third-order valence-corrected chi connectivity index (χ3v) is 5.39. The number of rotatable bonds is 4. The van der Waals surface area contributed by atoms with Gasteiger partial charge in [-0.05, 0) is 36.2 Å². The van der Waals surface area contributed by atoms with Gasteiger partial charge in [0.2, 0.25) is 0 Å². The highest BCUT2D eigenvalue weighted by atomic mass is 35.5. The minimum Gasteiger partial charge on any atom is -0.447 e. The van der Waals surface area contributed by atoms with Crippen LogP contribution < -0.4 is 0 Å². The number of pyridine rings is 1. The summed E-state index contributed by atoms with van der Waals surface area (Å²) in [5.41, 5.74) is 1.46. The number of aromatic nitrogens is 1. The summed E-state index contributed by atoms with van der Waals surface area (Å²) in [6.07, 6.45) is 2.27. The Kier molecular flexibility index (Phi) is 4.54. The molecule has 1 aromatic heterocycles. The van der Waals surface area contributed by atoms with Gasteiger partial charge in [-0.2, -0.15) is 0 Å². The molecule has 0 radical (unpaired) electrons. The fourth-order valence-corrected chi connectivity index (χ4v) is 3.94. The van der Waals surface area contributed by atoms with Gasteiger partial charge < -0.3 is 4.74 Å². The van der Waals surface area contributed by atoms with Crippen molar-refractivity contribution in [2.75, 3.05) is 19.7 Å². The molecule has 2 aliphatic rings. The molecular formula is C19H19ClFN3O2. The Balaban J connectivity index is 1.48. The second-order valence-electron chi connectivity index (χ2n) is 6.90. The van der Waals surface area contributed by atoms with Gasteiger partial charge in [-0.15, -0.1) is 0 Å². The molecular weight excluding hydrogens is 357 g/mol. The average Bonchev–Trinajstić information content (AvgIpc) is 3.18. The van der Waals surface area contributed by atoms with Crippen molar-refractivity contribution in [3.8, 4) is 0 Å². The van der Waals surface area contributed by atoms with Crippen LogP contribution in [-0.2, 0) is 17.8 Å². The van der Waals surface area contributed by atoms with Crippen molar-refractivity contribution in [3.63, 3.8) is 0 Å². The molecule has 1 atom stereocenters. The monoisotopic (exact) mass is 375 g/mol. The lowest BCUT2D eigenvalue weighted by Gasteiger charge is -2.31. The number of hydrogen-bond donors (Lipinski definition) is 0. The van der Waals surface area contributed by atoms with Gasteiger partial charge in [0.25, 0.3) is 0 Å². The van der Waals surface area contributed by atoms with Gasteiger partial charge in [0.05, 0.1) is 22.8 Å². The predicted molar refractivity (Wildman–Crippen MR) is 95.2 cm³/mol. The van der Waals surface area contributed by atoms with E-state index in [0.29, 0.717) is 26.2 Å². The van der Waals surface area contributed by atoms with Crippen LogP contribution in [0, 0.1) is 5.82 Å². The van der Waals surface area contributed by atoms with Gasteiger partial charge in [0.1, 0.15) is 12.4 Å². The number of carbonyl (C=O) groups excluding carboxylic acids is 1. The first-order chi connectivity index (χ1) is 12.6. The summed E-state index contributed by atoms with van der Waals surface area (Å²) in [6, 6.07) is 10.5. The van der Waals surface area contributed by atoms with Gasteiger partial charge >= 0.3 is 6.09 Å². The summed E-state index contributed by atoms with van der Waals surface area (Å²) in [5.74, 6) is -0.412. The van der Waals surface area contributed by atoms with E-state index < -0.39 is 5.82 Å². The highest BCUT2D eigenvalue weighted by Gasteiger charge is 2.51.